The standard InChI is InChI=1S/C14H11N5O3/c1-9-3-4-10(12(7-9)19(21)22)16-14(20)11-8-13-15-5-2-6-18(13)17-11/h2-8H,1H3,(H,16,20). The Balaban J connectivity index is 1.92. The van der Waals surface area contributed by atoms with Crippen molar-refractivity contribution in [3.8, 4) is 0 Å². The molecule has 0 atom stereocenters. The Bertz CT molecular complexity index is 854. The van der Waals surface area contributed by atoms with Crippen molar-refractivity contribution in [3.05, 3.63) is 64.1 Å². The third kappa shape index (κ3) is 2.49. The normalized spacial score (nSPS) is 10.6. The lowest BCUT2D eigenvalue weighted by atomic mass is 10.2. The highest BCUT2D eigenvalue weighted by Crippen LogP contribution is 2.25. The van der Waals surface area contributed by atoms with E-state index in [1.807, 2.05) is 0 Å². The third-order valence-corrected chi connectivity index (χ3v) is 3.07. The molecule has 8 heteroatoms. The second-order valence-corrected chi connectivity index (χ2v) is 4.68. The van der Waals surface area contributed by atoms with Crippen LogP contribution in [0.4, 0.5) is 11.4 Å². The maximum atomic E-state index is 12.2. The number of carbonyl (C=O) groups is 1. The van der Waals surface area contributed by atoms with Gasteiger partial charge in [0.25, 0.3) is 11.6 Å². The van der Waals surface area contributed by atoms with Gasteiger partial charge in [0.2, 0.25) is 0 Å². The zero-order chi connectivity index (χ0) is 15.7. The van der Waals surface area contributed by atoms with Gasteiger partial charge in [-0.2, -0.15) is 5.10 Å². The van der Waals surface area contributed by atoms with Gasteiger partial charge < -0.3 is 5.32 Å². The van der Waals surface area contributed by atoms with Gasteiger partial charge >= 0.3 is 0 Å². The number of nitrogens with one attached hydrogen (secondary N) is 1. The first kappa shape index (κ1) is 13.7. The fourth-order valence-corrected chi connectivity index (χ4v) is 2.03. The molecule has 0 bridgehead atoms. The first-order valence-corrected chi connectivity index (χ1v) is 6.41. The maximum Gasteiger partial charge on any atom is 0.293 e. The molecule has 0 radical (unpaired) electrons. The van der Waals surface area contributed by atoms with E-state index in [9.17, 15) is 14.9 Å². The van der Waals surface area contributed by atoms with Gasteiger partial charge in [0, 0.05) is 24.5 Å². The highest BCUT2D eigenvalue weighted by atomic mass is 16.6. The Morgan fingerprint density at radius 3 is 2.91 bits per heavy atom. The van der Waals surface area contributed by atoms with E-state index in [4.69, 9.17) is 0 Å². The van der Waals surface area contributed by atoms with Crippen LogP contribution >= 0.6 is 0 Å². The number of hydrogen-bond donors (Lipinski definition) is 1. The second kappa shape index (κ2) is 5.24. The van der Waals surface area contributed by atoms with Crippen LogP contribution in [0.1, 0.15) is 16.1 Å². The van der Waals surface area contributed by atoms with E-state index in [-0.39, 0.29) is 17.1 Å². The molecule has 2 heterocycles. The summed E-state index contributed by atoms with van der Waals surface area (Å²) in [4.78, 5) is 26.8. The van der Waals surface area contributed by atoms with Crippen molar-refractivity contribution in [2.45, 2.75) is 6.92 Å². The minimum absolute atomic E-state index is 0.130. The van der Waals surface area contributed by atoms with Gasteiger partial charge in [-0.15, -0.1) is 0 Å². The third-order valence-electron chi connectivity index (χ3n) is 3.07. The van der Waals surface area contributed by atoms with E-state index in [0.717, 1.165) is 5.56 Å². The zero-order valence-electron chi connectivity index (χ0n) is 11.6. The van der Waals surface area contributed by atoms with Gasteiger partial charge in [-0.3, -0.25) is 14.9 Å². The Labute approximate surface area is 124 Å². The molecular weight excluding hydrogens is 286 g/mol. The van der Waals surface area contributed by atoms with Gasteiger partial charge in [0.1, 0.15) is 5.69 Å². The van der Waals surface area contributed by atoms with Crippen molar-refractivity contribution < 1.29 is 9.72 Å². The van der Waals surface area contributed by atoms with Crippen LogP contribution in [0.2, 0.25) is 0 Å². The lowest BCUT2D eigenvalue weighted by Gasteiger charge is -2.04. The number of fused-ring (bicyclic) bond motifs is 1. The molecule has 0 fully saturated rings. The maximum absolute atomic E-state index is 12.2. The Kier molecular flexibility index (Phi) is 3.26. The number of rotatable bonds is 3. The molecule has 0 aliphatic heterocycles. The molecule has 0 aliphatic carbocycles. The lowest BCUT2D eigenvalue weighted by molar-refractivity contribution is -0.384. The van der Waals surface area contributed by atoms with E-state index in [1.54, 1.807) is 31.5 Å². The highest BCUT2D eigenvalue weighted by Gasteiger charge is 2.18. The van der Waals surface area contributed by atoms with E-state index in [1.165, 1.54) is 22.7 Å². The summed E-state index contributed by atoms with van der Waals surface area (Å²) in [6, 6.07) is 7.79. The van der Waals surface area contributed by atoms with Crippen molar-refractivity contribution in [1.29, 1.82) is 0 Å². The van der Waals surface area contributed by atoms with Gasteiger partial charge in [-0.25, -0.2) is 9.50 Å². The zero-order valence-corrected chi connectivity index (χ0v) is 11.6. The topological polar surface area (TPSA) is 102 Å². The predicted octanol–water partition coefficient (Wildman–Crippen LogP) is 2.20. The molecule has 1 amide bonds. The van der Waals surface area contributed by atoms with E-state index < -0.39 is 10.8 Å². The predicted molar refractivity (Wildman–Crippen MR) is 78.8 cm³/mol. The summed E-state index contributed by atoms with van der Waals surface area (Å²) in [5.74, 6) is -0.530. The molecule has 0 saturated heterocycles. The second-order valence-electron chi connectivity index (χ2n) is 4.68. The number of amides is 1. The van der Waals surface area contributed by atoms with Crippen LogP contribution in [0.15, 0.2) is 42.7 Å². The molecule has 0 aliphatic rings. The van der Waals surface area contributed by atoms with Crippen LogP contribution in [-0.4, -0.2) is 25.4 Å². The molecular formula is C14H11N5O3. The van der Waals surface area contributed by atoms with Gasteiger partial charge in [-0.05, 0) is 24.6 Å². The molecule has 3 rings (SSSR count). The summed E-state index contributed by atoms with van der Waals surface area (Å²) in [7, 11) is 0. The number of hydrogen-bond acceptors (Lipinski definition) is 5. The van der Waals surface area contributed by atoms with Gasteiger partial charge in [0.15, 0.2) is 11.3 Å². The minimum atomic E-state index is -0.534. The number of aromatic nitrogens is 3. The van der Waals surface area contributed by atoms with Gasteiger partial charge in [-0.1, -0.05) is 6.07 Å². The van der Waals surface area contributed by atoms with E-state index in [2.05, 4.69) is 15.4 Å². The summed E-state index contributed by atoms with van der Waals surface area (Å²) >= 11 is 0. The average molecular weight is 297 g/mol. The number of aryl methyl sites for hydroxylation is 1. The summed E-state index contributed by atoms with van der Waals surface area (Å²) < 4.78 is 1.46. The quantitative estimate of drug-likeness (QED) is 0.589. The lowest BCUT2D eigenvalue weighted by Crippen LogP contribution is -2.14. The molecule has 1 aromatic carbocycles. The van der Waals surface area contributed by atoms with E-state index >= 15 is 0 Å². The van der Waals surface area contributed by atoms with Crippen LogP contribution < -0.4 is 5.32 Å². The van der Waals surface area contributed by atoms with Crippen LogP contribution in [0.5, 0.6) is 0 Å². The van der Waals surface area contributed by atoms with Crippen LogP contribution in [-0.2, 0) is 0 Å². The van der Waals surface area contributed by atoms with Crippen molar-refractivity contribution in [3.63, 3.8) is 0 Å². The average Bonchev–Trinajstić information content (AvgIpc) is 2.93. The first-order chi connectivity index (χ1) is 10.5. The van der Waals surface area contributed by atoms with Crippen molar-refractivity contribution in [2.75, 3.05) is 5.32 Å². The number of nitrogens with zero attached hydrogens (tertiary/aromatic N) is 4. The minimum Gasteiger partial charge on any atom is -0.315 e. The molecule has 3 aromatic rings. The summed E-state index contributed by atoms with van der Waals surface area (Å²) in [6.07, 6.45) is 3.25. The number of benzene rings is 1. The van der Waals surface area contributed by atoms with Crippen molar-refractivity contribution >= 4 is 22.9 Å². The largest absolute Gasteiger partial charge is 0.315 e. The van der Waals surface area contributed by atoms with Crippen LogP contribution in [0, 0.1) is 17.0 Å². The number of nitro groups is 1. The van der Waals surface area contributed by atoms with Crippen molar-refractivity contribution in [1.82, 2.24) is 14.6 Å². The van der Waals surface area contributed by atoms with Crippen molar-refractivity contribution in [2.24, 2.45) is 0 Å². The van der Waals surface area contributed by atoms with E-state index in [0.29, 0.717) is 5.65 Å². The van der Waals surface area contributed by atoms with Crippen LogP contribution in [0.25, 0.3) is 5.65 Å². The summed E-state index contributed by atoms with van der Waals surface area (Å²) in [5.41, 5.74) is 1.36. The molecule has 1 N–H and O–H groups in total. The molecule has 0 saturated carbocycles. The monoisotopic (exact) mass is 297 g/mol. The Hall–Kier alpha value is -3.29. The summed E-state index contributed by atoms with van der Waals surface area (Å²) in [5, 5.41) is 17.6. The molecule has 0 unspecified atom stereocenters. The molecule has 110 valence electrons. The molecule has 2 aromatic heterocycles. The molecule has 22 heavy (non-hydrogen) atoms. The first-order valence-electron chi connectivity index (χ1n) is 6.41. The number of nitro benzene ring substituents is 1. The Morgan fingerprint density at radius 1 is 1.36 bits per heavy atom. The summed E-state index contributed by atoms with van der Waals surface area (Å²) in [6.45, 7) is 1.74. The smallest absolute Gasteiger partial charge is 0.293 e. The fraction of sp³-hybridized carbons (Fsp3) is 0.0714. The molecule has 8 nitrogen and oxygen atoms in total. The highest BCUT2D eigenvalue weighted by molar-refractivity contribution is 6.04. The van der Waals surface area contributed by atoms with Gasteiger partial charge in [0.05, 0.1) is 4.92 Å². The molecule has 0 spiro atoms. The fourth-order valence-electron chi connectivity index (χ4n) is 2.03. The number of anilines is 1. The van der Waals surface area contributed by atoms with Crippen LogP contribution in [0.3, 0.4) is 0 Å². The SMILES string of the molecule is Cc1ccc(NC(=O)c2cc3ncccn3n2)c([N+](=O)[O-])c1. The Morgan fingerprint density at radius 2 is 2.18 bits per heavy atom. The number of carbonyl (C=O) groups excluding carboxylic acids is 1.